The number of amides is 3. The lowest BCUT2D eigenvalue weighted by Crippen LogP contribution is -2.53. The van der Waals surface area contributed by atoms with E-state index in [0.717, 1.165) is 12.8 Å². The topological polar surface area (TPSA) is 106 Å². The molecule has 3 aliphatic rings. The summed E-state index contributed by atoms with van der Waals surface area (Å²) in [6.45, 7) is 0.757. The highest BCUT2D eigenvalue weighted by molar-refractivity contribution is 6.02. The number of hydrogen-bond acceptors (Lipinski definition) is 6. The van der Waals surface area contributed by atoms with Gasteiger partial charge in [-0.1, -0.05) is 6.07 Å². The lowest BCUT2D eigenvalue weighted by atomic mass is 9.95. The van der Waals surface area contributed by atoms with Crippen LogP contribution in [0.4, 0.5) is 0 Å². The Kier molecular flexibility index (Phi) is 5.21. The maximum Gasteiger partial charge on any atom is 0.271 e. The van der Waals surface area contributed by atoms with Crippen molar-refractivity contribution >= 4 is 34.4 Å². The van der Waals surface area contributed by atoms with Crippen molar-refractivity contribution in [3.8, 4) is 0 Å². The van der Waals surface area contributed by atoms with Gasteiger partial charge in [-0.05, 0) is 43.9 Å². The molecular weight excluding hydrogens is 450 g/mol. The van der Waals surface area contributed by atoms with Crippen molar-refractivity contribution in [2.24, 2.45) is 0 Å². The van der Waals surface area contributed by atoms with E-state index < -0.39 is 0 Å². The number of ether oxygens (including phenoxy) is 1. The molecule has 6 rings (SSSR count). The van der Waals surface area contributed by atoms with Crippen molar-refractivity contribution in [2.45, 2.75) is 63.2 Å². The summed E-state index contributed by atoms with van der Waals surface area (Å²) in [6.07, 6.45) is 5.11. The average molecular weight is 478 g/mol. The maximum absolute atomic E-state index is 14.0. The van der Waals surface area contributed by atoms with E-state index in [0.29, 0.717) is 48.4 Å². The van der Waals surface area contributed by atoms with E-state index in [-0.39, 0.29) is 54.2 Å². The Bertz CT molecular complexity index is 1390. The monoisotopic (exact) mass is 477 g/mol. The first-order valence-corrected chi connectivity index (χ1v) is 12.1. The summed E-state index contributed by atoms with van der Waals surface area (Å²) >= 11 is 0. The Morgan fingerprint density at radius 3 is 2.46 bits per heavy atom. The maximum atomic E-state index is 14.0. The Labute approximate surface area is 201 Å². The van der Waals surface area contributed by atoms with Crippen molar-refractivity contribution in [3.63, 3.8) is 0 Å². The van der Waals surface area contributed by atoms with Crippen LogP contribution in [-0.4, -0.2) is 73.3 Å². The van der Waals surface area contributed by atoms with E-state index in [2.05, 4.69) is 0 Å². The molecule has 6 heterocycles. The quantitative estimate of drug-likeness (QED) is 0.517. The van der Waals surface area contributed by atoms with Gasteiger partial charge in [0, 0.05) is 50.8 Å². The molecule has 0 N–H and O–H groups in total. The van der Waals surface area contributed by atoms with Crippen LogP contribution in [0.2, 0.25) is 0 Å². The number of piperidine rings is 1. The number of rotatable bonds is 5. The number of likely N-dealkylation sites (tertiary alicyclic amines) is 1. The second-order valence-electron chi connectivity index (χ2n) is 9.64. The number of pyridine rings is 1. The van der Waals surface area contributed by atoms with Crippen LogP contribution in [0.1, 0.15) is 49.0 Å². The van der Waals surface area contributed by atoms with E-state index in [9.17, 15) is 19.2 Å². The van der Waals surface area contributed by atoms with Gasteiger partial charge in [0.25, 0.3) is 11.5 Å². The van der Waals surface area contributed by atoms with Gasteiger partial charge < -0.3 is 14.2 Å². The molecule has 0 radical (unpaired) electrons. The lowest BCUT2D eigenvalue weighted by Gasteiger charge is -2.41. The largest absolute Gasteiger partial charge is 0.383 e. The molecule has 0 aliphatic carbocycles. The third-order valence-corrected chi connectivity index (χ3v) is 7.71. The fourth-order valence-electron chi connectivity index (χ4n) is 6.16. The molecular formula is C25H27N5O5. The van der Waals surface area contributed by atoms with Crippen molar-refractivity contribution < 1.29 is 19.1 Å². The first-order valence-electron chi connectivity index (χ1n) is 12.1. The molecule has 2 bridgehead atoms. The Balaban J connectivity index is 1.38. The van der Waals surface area contributed by atoms with Crippen molar-refractivity contribution in [1.29, 1.82) is 0 Å². The Morgan fingerprint density at radius 1 is 1.06 bits per heavy atom. The van der Waals surface area contributed by atoms with E-state index in [1.165, 1.54) is 9.30 Å². The van der Waals surface area contributed by atoms with Gasteiger partial charge in [-0.2, -0.15) is 0 Å². The van der Waals surface area contributed by atoms with Gasteiger partial charge in [0.05, 0.1) is 12.0 Å². The average Bonchev–Trinajstić information content (AvgIpc) is 3.48. The zero-order valence-corrected chi connectivity index (χ0v) is 19.6. The number of carbonyl (C=O) groups excluding carboxylic acids is 3. The molecule has 0 spiro atoms. The highest BCUT2D eigenvalue weighted by Gasteiger charge is 2.48. The van der Waals surface area contributed by atoms with Crippen LogP contribution in [0.25, 0.3) is 16.7 Å². The van der Waals surface area contributed by atoms with Gasteiger partial charge in [0.2, 0.25) is 11.8 Å². The minimum absolute atomic E-state index is 0.0468. The molecule has 2 atom stereocenters. The van der Waals surface area contributed by atoms with Gasteiger partial charge in [-0.15, -0.1) is 0 Å². The number of methoxy groups -OCH3 is 1. The predicted octanol–water partition coefficient (Wildman–Crippen LogP) is 1.58. The summed E-state index contributed by atoms with van der Waals surface area (Å²) in [6, 6.07) is 6.77. The van der Waals surface area contributed by atoms with Gasteiger partial charge in [0.1, 0.15) is 17.0 Å². The van der Waals surface area contributed by atoms with E-state index in [1.807, 2.05) is 11.0 Å². The first-order chi connectivity index (χ1) is 17.0. The number of carbonyl (C=O) groups is 3. The molecule has 3 amide bonds. The third-order valence-electron chi connectivity index (χ3n) is 7.71. The van der Waals surface area contributed by atoms with E-state index in [4.69, 9.17) is 9.72 Å². The summed E-state index contributed by atoms with van der Waals surface area (Å²) in [5.74, 6) is -0.340. The van der Waals surface area contributed by atoms with Crippen LogP contribution in [0.15, 0.2) is 35.3 Å². The Morgan fingerprint density at radius 2 is 1.77 bits per heavy atom. The molecule has 35 heavy (non-hydrogen) atoms. The van der Waals surface area contributed by atoms with Gasteiger partial charge in [-0.25, -0.2) is 4.98 Å². The number of aromatic nitrogens is 3. The smallest absolute Gasteiger partial charge is 0.271 e. The van der Waals surface area contributed by atoms with Gasteiger partial charge >= 0.3 is 0 Å². The molecule has 3 aliphatic heterocycles. The molecule has 0 saturated carbocycles. The normalized spacial score (nSPS) is 24.3. The van der Waals surface area contributed by atoms with Crippen LogP contribution in [0.5, 0.6) is 0 Å². The minimum Gasteiger partial charge on any atom is -0.383 e. The predicted molar refractivity (Wildman–Crippen MR) is 126 cm³/mol. The van der Waals surface area contributed by atoms with Crippen molar-refractivity contribution in [3.05, 3.63) is 46.5 Å². The van der Waals surface area contributed by atoms with Crippen LogP contribution < -0.4 is 5.56 Å². The highest BCUT2D eigenvalue weighted by atomic mass is 16.5. The van der Waals surface area contributed by atoms with Crippen molar-refractivity contribution in [1.82, 2.24) is 23.8 Å². The number of fused-ring (bicyclic) bond motifs is 4. The summed E-state index contributed by atoms with van der Waals surface area (Å²) in [5, 5.41) is 0.392. The van der Waals surface area contributed by atoms with Crippen LogP contribution >= 0.6 is 0 Å². The molecule has 3 aromatic rings. The molecule has 3 saturated heterocycles. The zero-order chi connectivity index (χ0) is 24.3. The third kappa shape index (κ3) is 3.38. The summed E-state index contributed by atoms with van der Waals surface area (Å²) in [5.41, 5.74) is 1.18. The summed E-state index contributed by atoms with van der Waals surface area (Å²) in [7, 11) is 1.59. The van der Waals surface area contributed by atoms with Crippen LogP contribution in [0.3, 0.4) is 0 Å². The fraction of sp³-hybridized carbons (Fsp3) is 0.480. The molecule has 0 aromatic carbocycles. The molecule has 2 unspecified atom stereocenters. The summed E-state index contributed by atoms with van der Waals surface area (Å²) in [4.78, 5) is 59.8. The standard InChI is InChI=1S/C25H27N5O5/c1-35-11-10-27-19(14-18-23(27)26-20-4-2-3-9-28(20)24(18)33)25(34)29-15-5-6-16(29)13-17(12-15)30-21(31)7-8-22(30)32/h2-4,9,14-17H,5-8,10-13H2,1H3. The van der Waals surface area contributed by atoms with Crippen LogP contribution in [-0.2, 0) is 20.9 Å². The van der Waals surface area contributed by atoms with Gasteiger partial charge in [-0.3, -0.25) is 28.5 Å². The van der Waals surface area contributed by atoms with Gasteiger partial charge in [0.15, 0.2) is 0 Å². The second-order valence-corrected chi connectivity index (χ2v) is 9.64. The minimum atomic E-state index is -0.219. The molecule has 10 heteroatoms. The van der Waals surface area contributed by atoms with E-state index in [1.54, 1.807) is 36.1 Å². The SMILES string of the molecule is COCCn1c(C(=O)N2C3CCC2CC(N2C(=O)CCC2=O)C3)cc2c(=O)n3ccccc3nc21. The number of hydrogen-bond donors (Lipinski definition) is 0. The first kappa shape index (κ1) is 22.0. The number of nitrogens with zero attached hydrogens (tertiary/aromatic N) is 5. The van der Waals surface area contributed by atoms with Crippen LogP contribution in [0, 0.1) is 0 Å². The second kappa shape index (κ2) is 8.30. The molecule has 3 fully saturated rings. The Hall–Kier alpha value is -3.53. The molecule has 3 aromatic heterocycles. The number of imide groups is 1. The molecule has 10 nitrogen and oxygen atoms in total. The van der Waals surface area contributed by atoms with E-state index >= 15 is 0 Å². The highest BCUT2D eigenvalue weighted by Crippen LogP contribution is 2.40. The zero-order valence-electron chi connectivity index (χ0n) is 19.6. The lowest BCUT2D eigenvalue weighted by molar-refractivity contribution is -0.142. The fourth-order valence-corrected chi connectivity index (χ4v) is 6.16. The summed E-state index contributed by atoms with van der Waals surface area (Å²) < 4.78 is 8.55. The van der Waals surface area contributed by atoms with Crippen molar-refractivity contribution in [2.75, 3.05) is 13.7 Å². The molecule has 182 valence electrons.